The lowest BCUT2D eigenvalue weighted by Crippen LogP contribution is -2.26. The summed E-state index contributed by atoms with van der Waals surface area (Å²) in [6, 6.07) is 8.91. The van der Waals surface area contributed by atoms with Crippen LogP contribution in [0.5, 0.6) is 11.6 Å². The first-order valence-corrected chi connectivity index (χ1v) is 13.1. The van der Waals surface area contributed by atoms with E-state index in [2.05, 4.69) is 15.4 Å². The van der Waals surface area contributed by atoms with Gasteiger partial charge in [0.2, 0.25) is 5.88 Å². The number of benzene rings is 1. The number of hydrogen-bond acceptors (Lipinski definition) is 7. The molecule has 1 N–H and O–H groups in total. The summed E-state index contributed by atoms with van der Waals surface area (Å²) in [6.45, 7) is 4.21. The normalized spacial score (nSPS) is 16.8. The molecule has 4 rings (SSSR count). The van der Waals surface area contributed by atoms with Crippen LogP contribution in [0, 0.1) is 5.92 Å². The molecule has 0 amide bonds. The molecule has 3 aromatic rings. The lowest BCUT2D eigenvalue weighted by Gasteiger charge is -2.22. The third-order valence-corrected chi connectivity index (χ3v) is 6.98. The highest BCUT2D eigenvalue weighted by molar-refractivity contribution is 7.90. The van der Waals surface area contributed by atoms with Crippen LogP contribution in [-0.2, 0) is 22.3 Å². The minimum Gasteiger partial charge on any atom is -0.612 e. The van der Waals surface area contributed by atoms with E-state index in [0.29, 0.717) is 47.0 Å². The number of nitrogens with one attached hydrogen (secondary N) is 1. The average Bonchev–Trinajstić information content (AvgIpc) is 2.86. The van der Waals surface area contributed by atoms with Crippen LogP contribution in [0.1, 0.15) is 25.3 Å². The molecule has 0 radical (unpaired) electrons. The minimum absolute atomic E-state index is 0.0681. The van der Waals surface area contributed by atoms with E-state index in [4.69, 9.17) is 21.1 Å². The molecule has 2 atom stereocenters. The Kier molecular flexibility index (Phi) is 8.10. The van der Waals surface area contributed by atoms with Crippen LogP contribution < -0.4 is 15.6 Å². The molecule has 2 aromatic heterocycles. The lowest BCUT2D eigenvalue weighted by atomic mass is 10.0. The molecule has 0 aliphatic carbocycles. The van der Waals surface area contributed by atoms with Crippen molar-refractivity contribution in [2.24, 2.45) is 5.92 Å². The monoisotopic (exact) mass is 502 g/mol. The SMILES string of the molecule is CCc1ccc([S+](C)[O-])c(Oc2ccc(-n3ncc(NCC4CCCOC4)c(Cl)c3=O)cn2)c1. The minimum atomic E-state index is -1.21. The van der Waals surface area contributed by atoms with Crippen molar-refractivity contribution in [1.29, 1.82) is 0 Å². The van der Waals surface area contributed by atoms with E-state index in [0.717, 1.165) is 31.4 Å². The smallest absolute Gasteiger partial charge is 0.292 e. The van der Waals surface area contributed by atoms with Gasteiger partial charge in [-0.25, -0.2) is 4.98 Å². The van der Waals surface area contributed by atoms with Gasteiger partial charge in [0.15, 0.2) is 10.6 Å². The Bertz CT molecular complexity index is 1180. The Morgan fingerprint density at radius 2 is 2.18 bits per heavy atom. The number of rotatable bonds is 8. The van der Waals surface area contributed by atoms with Gasteiger partial charge in [0.05, 0.1) is 30.4 Å². The maximum absolute atomic E-state index is 12.8. The molecule has 1 saturated heterocycles. The van der Waals surface area contributed by atoms with Crippen LogP contribution in [-0.4, -0.2) is 45.3 Å². The molecule has 8 nitrogen and oxygen atoms in total. The van der Waals surface area contributed by atoms with Gasteiger partial charge in [-0.3, -0.25) is 4.79 Å². The fourth-order valence-corrected chi connectivity index (χ4v) is 4.56. The molecule has 1 fully saturated rings. The predicted molar refractivity (Wildman–Crippen MR) is 133 cm³/mol. The number of aryl methyl sites for hydroxylation is 1. The number of halogens is 1. The number of hydrogen-bond donors (Lipinski definition) is 1. The van der Waals surface area contributed by atoms with Crippen LogP contribution in [0.15, 0.2) is 52.4 Å². The highest BCUT2D eigenvalue weighted by atomic mass is 35.5. The van der Waals surface area contributed by atoms with Crippen molar-refractivity contribution >= 4 is 28.5 Å². The quantitative estimate of drug-likeness (QED) is 0.460. The lowest BCUT2D eigenvalue weighted by molar-refractivity contribution is 0.0595. The van der Waals surface area contributed by atoms with Gasteiger partial charge in [-0.1, -0.05) is 24.6 Å². The molecule has 34 heavy (non-hydrogen) atoms. The Balaban J connectivity index is 1.50. The second kappa shape index (κ2) is 11.2. The molecule has 1 aliphatic heterocycles. The first-order chi connectivity index (χ1) is 16.5. The maximum atomic E-state index is 12.8. The zero-order valence-corrected chi connectivity index (χ0v) is 20.7. The molecule has 0 bridgehead atoms. The zero-order valence-electron chi connectivity index (χ0n) is 19.1. The molecule has 0 spiro atoms. The zero-order chi connectivity index (χ0) is 24.1. The Hall–Kier alpha value is -2.59. The second-order valence-electron chi connectivity index (χ2n) is 8.10. The van der Waals surface area contributed by atoms with Gasteiger partial charge in [0.1, 0.15) is 11.3 Å². The second-order valence-corrected chi connectivity index (χ2v) is 9.82. The molecule has 180 valence electrons. The summed E-state index contributed by atoms with van der Waals surface area (Å²) in [5.74, 6) is 1.20. The average molecular weight is 503 g/mol. The van der Waals surface area contributed by atoms with E-state index in [9.17, 15) is 9.35 Å². The van der Waals surface area contributed by atoms with Crippen LogP contribution >= 0.6 is 11.6 Å². The van der Waals surface area contributed by atoms with E-state index in [1.807, 2.05) is 19.1 Å². The van der Waals surface area contributed by atoms with Crippen molar-refractivity contribution in [3.8, 4) is 17.3 Å². The first-order valence-electron chi connectivity index (χ1n) is 11.2. The molecule has 2 unspecified atom stereocenters. The predicted octanol–water partition coefficient (Wildman–Crippen LogP) is 4.21. The Morgan fingerprint density at radius 3 is 2.85 bits per heavy atom. The van der Waals surface area contributed by atoms with Gasteiger partial charge in [0, 0.05) is 19.2 Å². The largest absolute Gasteiger partial charge is 0.612 e. The molecule has 10 heteroatoms. The summed E-state index contributed by atoms with van der Waals surface area (Å²) in [6.07, 6.45) is 7.57. The summed E-state index contributed by atoms with van der Waals surface area (Å²) >= 11 is 5.13. The summed E-state index contributed by atoms with van der Waals surface area (Å²) in [5.41, 5.74) is 1.57. The van der Waals surface area contributed by atoms with Crippen LogP contribution in [0.2, 0.25) is 5.02 Å². The summed E-state index contributed by atoms with van der Waals surface area (Å²) in [4.78, 5) is 17.7. The van der Waals surface area contributed by atoms with Crippen molar-refractivity contribution in [2.75, 3.05) is 31.3 Å². The fraction of sp³-hybridized carbons (Fsp3) is 0.375. The molecule has 3 heterocycles. The third kappa shape index (κ3) is 5.72. The van der Waals surface area contributed by atoms with Gasteiger partial charge in [-0.2, -0.15) is 9.78 Å². The first kappa shape index (κ1) is 24.5. The van der Waals surface area contributed by atoms with Crippen molar-refractivity contribution in [3.05, 3.63) is 63.7 Å². The van der Waals surface area contributed by atoms with Crippen LogP contribution in [0.25, 0.3) is 5.69 Å². The summed E-state index contributed by atoms with van der Waals surface area (Å²) < 4.78 is 24.7. The van der Waals surface area contributed by atoms with E-state index < -0.39 is 16.7 Å². The molecular weight excluding hydrogens is 476 g/mol. The Morgan fingerprint density at radius 1 is 1.32 bits per heavy atom. The molecule has 1 aliphatic rings. The highest BCUT2D eigenvalue weighted by Crippen LogP contribution is 2.29. The Labute approximate surface area is 206 Å². The van der Waals surface area contributed by atoms with E-state index >= 15 is 0 Å². The number of anilines is 1. The number of nitrogens with zero attached hydrogens (tertiary/aromatic N) is 3. The molecule has 0 saturated carbocycles. The van der Waals surface area contributed by atoms with Crippen LogP contribution in [0.4, 0.5) is 5.69 Å². The van der Waals surface area contributed by atoms with E-state index in [1.165, 1.54) is 17.1 Å². The van der Waals surface area contributed by atoms with Crippen molar-refractivity contribution in [3.63, 3.8) is 0 Å². The van der Waals surface area contributed by atoms with Gasteiger partial charge in [-0.05, 0) is 60.1 Å². The van der Waals surface area contributed by atoms with Crippen molar-refractivity contribution in [1.82, 2.24) is 14.8 Å². The number of ether oxygens (including phenoxy) is 2. The van der Waals surface area contributed by atoms with Gasteiger partial charge >= 0.3 is 0 Å². The van der Waals surface area contributed by atoms with E-state index in [1.54, 1.807) is 24.5 Å². The number of pyridine rings is 1. The highest BCUT2D eigenvalue weighted by Gasteiger charge is 2.17. The van der Waals surface area contributed by atoms with Gasteiger partial charge in [-0.15, -0.1) is 0 Å². The standard InChI is InChI=1S/C24H27ClN4O4S/c1-3-16-6-8-21(34(2)31)20(11-16)33-22-9-7-18(13-27-22)29-24(30)23(25)19(14-28-29)26-12-17-5-4-10-32-15-17/h6-9,11,13-14,17,26H,3-5,10,12,15H2,1-2H3. The molecular formula is C24H27ClN4O4S. The van der Waals surface area contributed by atoms with Gasteiger partial charge in [0.25, 0.3) is 5.56 Å². The topological polar surface area (TPSA) is 101 Å². The van der Waals surface area contributed by atoms with Gasteiger partial charge < -0.3 is 19.3 Å². The number of aromatic nitrogens is 3. The van der Waals surface area contributed by atoms with E-state index in [-0.39, 0.29) is 5.02 Å². The molecule has 1 aromatic carbocycles. The third-order valence-electron chi connectivity index (χ3n) is 5.66. The fourth-order valence-electron chi connectivity index (χ4n) is 3.72. The van der Waals surface area contributed by atoms with Crippen molar-refractivity contribution < 1.29 is 14.0 Å². The summed E-state index contributed by atoms with van der Waals surface area (Å²) in [7, 11) is 0. The maximum Gasteiger partial charge on any atom is 0.292 e. The van der Waals surface area contributed by atoms with Crippen molar-refractivity contribution in [2.45, 2.75) is 31.1 Å². The summed E-state index contributed by atoms with van der Waals surface area (Å²) in [5, 5.41) is 7.53. The van der Waals surface area contributed by atoms with Crippen LogP contribution in [0.3, 0.4) is 0 Å².